The molecule has 2 atom stereocenters. The highest BCUT2D eigenvalue weighted by Crippen LogP contribution is 2.17. The van der Waals surface area contributed by atoms with Crippen LogP contribution in [0, 0.1) is 5.92 Å². The van der Waals surface area contributed by atoms with Crippen LogP contribution in [0.15, 0.2) is 0 Å². The van der Waals surface area contributed by atoms with E-state index in [1.165, 1.54) is 25.7 Å². The third-order valence-corrected chi connectivity index (χ3v) is 5.46. The Kier molecular flexibility index (Phi) is 6.29. The normalized spacial score (nSPS) is 22.7. The van der Waals surface area contributed by atoms with E-state index in [0.29, 0.717) is 19.1 Å². The molecule has 1 fully saturated rings. The highest BCUT2D eigenvalue weighted by molar-refractivity contribution is 5.73. The molecule has 1 aromatic rings. The molecule has 2 N–H and O–H groups in total. The number of hydrogen-bond acceptors (Lipinski definition) is 4. The highest BCUT2D eigenvalue weighted by Gasteiger charge is 2.21. The van der Waals surface area contributed by atoms with Gasteiger partial charge in [0, 0.05) is 32.1 Å². The molecular weight excluding hydrogens is 316 g/mol. The van der Waals surface area contributed by atoms with Gasteiger partial charge in [-0.05, 0) is 45.1 Å². The first-order chi connectivity index (χ1) is 12.1. The molecule has 0 aromatic carbocycles. The average Bonchev–Trinajstić information content (AvgIpc) is 2.84. The number of urea groups is 1. The largest absolute Gasteiger partial charge is 0.337 e. The number of likely N-dealkylation sites (tertiary alicyclic amines) is 1. The summed E-state index contributed by atoms with van der Waals surface area (Å²) in [6.45, 7) is 8.85. The Bertz CT molecular complexity index is 572. The Balaban J connectivity index is 1.42. The Morgan fingerprint density at radius 1 is 1.20 bits per heavy atom. The maximum atomic E-state index is 12.1. The van der Waals surface area contributed by atoms with E-state index in [2.05, 4.69) is 44.1 Å². The van der Waals surface area contributed by atoms with Crippen LogP contribution in [0.4, 0.5) is 4.79 Å². The van der Waals surface area contributed by atoms with E-state index < -0.39 is 0 Å². The molecule has 3 heterocycles. The van der Waals surface area contributed by atoms with Gasteiger partial charge < -0.3 is 15.2 Å². The molecule has 25 heavy (non-hydrogen) atoms. The van der Waals surface area contributed by atoms with E-state index >= 15 is 0 Å². The molecule has 1 aromatic heterocycles. The number of fused-ring (bicyclic) bond motifs is 1. The number of piperidine rings is 1. The molecule has 0 aliphatic carbocycles. The van der Waals surface area contributed by atoms with Crippen LogP contribution in [-0.4, -0.2) is 51.4 Å². The van der Waals surface area contributed by atoms with Gasteiger partial charge in [0.2, 0.25) is 0 Å². The fraction of sp³-hybridized carbons (Fsp3) is 0.833. The minimum Gasteiger partial charge on any atom is -0.337 e. The minimum absolute atomic E-state index is 0.122. The smallest absolute Gasteiger partial charge is 0.315 e. The summed E-state index contributed by atoms with van der Waals surface area (Å²) < 4.78 is 2.17. The summed E-state index contributed by atoms with van der Waals surface area (Å²) in [7, 11) is 0. The van der Waals surface area contributed by atoms with E-state index in [-0.39, 0.29) is 6.03 Å². The van der Waals surface area contributed by atoms with Crippen LogP contribution in [0.5, 0.6) is 0 Å². The van der Waals surface area contributed by atoms with Gasteiger partial charge in [0.05, 0.1) is 6.54 Å². The number of nitrogens with zero attached hydrogens (tertiary/aromatic N) is 4. The summed E-state index contributed by atoms with van der Waals surface area (Å²) in [5.41, 5.74) is 0. The van der Waals surface area contributed by atoms with Crippen molar-refractivity contribution in [3.05, 3.63) is 11.6 Å². The van der Waals surface area contributed by atoms with Crippen LogP contribution >= 0.6 is 0 Å². The second-order valence-electron chi connectivity index (χ2n) is 7.65. The average molecular weight is 348 g/mol. The number of hydrogen-bond donors (Lipinski definition) is 2. The van der Waals surface area contributed by atoms with Crippen LogP contribution < -0.4 is 10.6 Å². The Labute approximate surface area is 150 Å². The molecule has 0 spiro atoms. The quantitative estimate of drug-likeness (QED) is 0.852. The SMILES string of the molecule is C[C@@H]1CCCN([C@@H](C)CNC(=O)NCc2nnc3n2CCCCC3)C1. The van der Waals surface area contributed by atoms with Gasteiger partial charge in [-0.1, -0.05) is 13.3 Å². The van der Waals surface area contributed by atoms with Gasteiger partial charge in [-0.25, -0.2) is 4.79 Å². The van der Waals surface area contributed by atoms with E-state index in [4.69, 9.17) is 0 Å². The Hall–Kier alpha value is -1.63. The zero-order chi connectivity index (χ0) is 17.6. The molecular formula is C18H32N6O. The molecule has 0 saturated carbocycles. The predicted molar refractivity (Wildman–Crippen MR) is 97.2 cm³/mol. The van der Waals surface area contributed by atoms with Crippen LogP contribution in [-0.2, 0) is 19.5 Å². The second kappa shape index (κ2) is 8.65. The topological polar surface area (TPSA) is 75.1 Å². The van der Waals surface area contributed by atoms with Crippen molar-refractivity contribution in [2.45, 2.75) is 71.5 Å². The molecule has 0 radical (unpaired) electrons. The first kappa shape index (κ1) is 18.2. The standard InChI is InChI=1S/C18H32N6O/c1-14-7-6-9-23(13-14)15(2)11-19-18(25)20-12-17-22-21-16-8-4-3-5-10-24(16)17/h14-15H,3-13H2,1-2H3,(H2,19,20,25)/t14-,15+/m1/s1. The Morgan fingerprint density at radius 3 is 2.92 bits per heavy atom. The third-order valence-electron chi connectivity index (χ3n) is 5.46. The molecule has 0 bridgehead atoms. The lowest BCUT2D eigenvalue weighted by Gasteiger charge is -2.35. The molecule has 2 amide bonds. The monoisotopic (exact) mass is 348 g/mol. The lowest BCUT2D eigenvalue weighted by Crippen LogP contribution is -2.48. The Morgan fingerprint density at radius 2 is 2.08 bits per heavy atom. The van der Waals surface area contributed by atoms with Crippen molar-refractivity contribution in [2.24, 2.45) is 5.92 Å². The molecule has 0 unspecified atom stereocenters. The van der Waals surface area contributed by atoms with E-state index in [0.717, 1.165) is 50.0 Å². The molecule has 2 aliphatic heterocycles. The van der Waals surface area contributed by atoms with Crippen molar-refractivity contribution in [1.82, 2.24) is 30.3 Å². The maximum Gasteiger partial charge on any atom is 0.315 e. The van der Waals surface area contributed by atoms with Gasteiger partial charge in [0.25, 0.3) is 0 Å². The number of aryl methyl sites for hydroxylation is 1. The van der Waals surface area contributed by atoms with Gasteiger partial charge in [-0.2, -0.15) is 0 Å². The summed E-state index contributed by atoms with van der Waals surface area (Å²) in [6, 6.07) is 0.251. The molecule has 140 valence electrons. The number of aromatic nitrogens is 3. The van der Waals surface area contributed by atoms with Gasteiger partial charge in [-0.15, -0.1) is 10.2 Å². The molecule has 7 heteroatoms. The van der Waals surface area contributed by atoms with Crippen LogP contribution in [0.3, 0.4) is 0 Å². The van der Waals surface area contributed by atoms with Crippen molar-refractivity contribution >= 4 is 6.03 Å². The van der Waals surface area contributed by atoms with Crippen LogP contribution in [0.1, 0.15) is 57.6 Å². The zero-order valence-corrected chi connectivity index (χ0v) is 15.6. The summed E-state index contributed by atoms with van der Waals surface area (Å²) in [6.07, 6.45) is 7.15. The zero-order valence-electron chi connectivity index (χ0n) is 15.6. The number of amides is 2. The van der Waals surface area contributed by atoms with Crippen molar-refractivity contribution in [1.29, 1.82) is 0 Å². The van der Waals surface area contributed by atoms with E-state index in [9.17, 15) is 4.79 Å². The predicted octanol–water partition coefficient (Wildman–Crippen LogP) is 1.92. The van der Waals surface area contributed by atoms with Crippen LogP contribution in [0.25, 0.3) is 0 Å². The number of carbonyl (C=O) groups is 1. The van der Waals surface area contributed by atoms with Crippen LogP contribution in [0.2, 0.25) is 0 Å². The van der Waals surface area contributed by atoms with Crippen molar-refractivity contribution in [2.75, 3.05) is 19.6 Å². The lowest BCUT2D eigenvalue weighted by molar-refractivity contribution is 0.137. The minimum atomic E-state index is -0.122. The summed E-state index contributed by atoms with van der Waals surface area (Å²) >= 11 is 0. The molecule has 2 aliphatic rings. The number of rotatable bonds is 5. The van der Waals surface area contributed by atoms with Gasteiger partial charge in [0.15, 0.2) is 5.82 Å². The van der Waals surface area contributed by atoms with Crippen molar-refractivity contribution in [3.8, 4) is 0 Å². The summed E-state index contributed by atoms with van der Waals surface area (Å²) in [4.78, 5) is 14.6. The fourth-order valence-electron chi connectivity index (χ4n) is 3.89. The molecule has 3 rings (SSSR count). The second-order valence-corrected chi connectivity index (χ2v) is 7.65. The summed E-state index contributed by atoms with van der Waals surface area (Å²) in [5.74, 6) is 2.68. The van der Waals surface area contributed by atoms with Gasteiger partial charge >= 0.3 is 6.03 Å². The number of carbonyl (C=O) groups excluding carboxylic acids is 1. The van der Waals surface area contributed by atoms with Crippen molar-refractivity contribution < 1.29 is 4.79 Å². The van der Waals surface area contributed by atoms with Gasteiger partial charge in [0.1, 0.15) is 5.82 Å². The van der Waals surface area contributed by atoms with Crippen molar-refractivity contribution in [3.63, 3.8) is 0 Å². The maximum absolute atomic E-state index is 12.1. The highest BCUT2D eigenvalue weighted by atomic mass is 16.2. The third kappa shape index (κ3) is 4.93. The first-order valence-electron chi connectivity index (χ1n) is 9.80. The van der Waals surface area contributed by atoms with Gasteiger partial charge in [-0.3, -0.25) is 4.90 Å². The molecule has 1 saturated heterocycles. The molecule has 7 nitrogen and oxygen atoms in total. The van der Waals surface area contributed by atoms with E-state index in [1.54, 1.807) is 0 Å². The van der Waals surface area contributed by atoms with E-state index in [1.807, 2.05) is 0 Å². The summed E-state index contributed by atoms with van der Waals surface area (Å²) in [5, 5.41) is 14.5. The first-order valence-corrected chi connectivity index (χ1v) is 9.80. The fourth-order valence-corrected chi connectivity index (χ4v) is 3.89. The lowest BCUT2D eigenvalue weighted by atomic mass is 9.99. The number of nitrogens with one attached hydrogen (secondary N) is 2.